The average Bonchev–Trinajstić information content (AvgIpc) is 3.12. The average molecular weight is 293 g/mol. The van der Waals surface area contributed by atoms with E-state index in [-0.39, 0.29) is 5.60 Å². The van der Waals surface area contributed by atoms with Crippen molar-refractivity contribution in [2.24, 2.45) is 23.7 Å². The van der Waals surface area contributed by atoms with Crippen LogP contribution in [0.2, 0.25) is 0 Å². The molecule has 1 N–H and O–H groups in total. The molecule has 0 radical (unpaired) electrons. The SMILES string of the molecule is CCNC(C1CC2CC2C1)C1CCOC2(CCOCC2)C1. The van der Waals surface area contributed by atoms with E-state index in [9.17, 15) is 0 Å². The molecule has 2 saturated carbocycles. The van der Waals surface area contributed by atoms with E-state index in [0.29, 0.717) is 0 Å². The number of hydrogen-bond acceptors (Lipinski definition) is 3. The molecule has 1 spiro atoms. The summed E-state index contributed by atoms with van der Waals surface area (Å²) in [6.45, 7) is 6.14. The standard InChI is InChI=1S/C18H31NO2/c1-2-19-17(16-10-14-9-15(14)11-16)13-3-6-21-18(12-13)4-7-20-8-5-18/h13-17,19H,2-12H2,1H3. The van der Waals surface area contributed by atoms with Crippen molar-refractivity contribution in [1.82, 2.24) is 5.32 Å². The van der Waals surface area contributed by atoms with Gasteiger partial charge >= 0.3 is 0 Å². The summed E-state index contributed by atoms with van der Waals surface area (Å²) < 4.78 is 11.8. The zero-order chi connectivity index (χ0) is 14.3. The van der Waals surface area contributed by atoms with E-state index in [1.165, 1.54) is 32.1 Å². The molecule has 0 bridgehead atoms. The highest BCUT2D eigenvalue weighted by Gasteiger charge is 2.50. The van der Waals surface area contributed by atoms with Gasteiger partial charge in [0.05, 0.1) is 5.60 Å². The van der Waals surface area contributed by atoms with Crippen LogP contribution in [0.1, 0.15) is 51.9 Å². The van der Waals surface area contributed by atoms with Crippen molar-refractivity contribution >= 4 is 0 Å². The Morgan fingerprint density at radius 1 is 1.05 bits per heavy atom. The van der Waals surface area contributed by atoms with Gasteiger partial charge in [-0.3, -0.25) is 0 Å². The summed E-state index contributed by atoms with van der Waals surface area (Å²) in [5.74, 6) is 3.94. The zero-order valence-electron chi connectivity index (χ0n) is 13.5. The molecule has 2 heterocycles. The molecule has 4 unspecified atom stereocenters. The van der Waals surface area contributed by atoms with Crippen molar-refractivity contribution < 1.29 is 9.47 Å². The molecule has 2 aliphatic heterocycles. The molecule has 4 atom stereocenters. The second-order valence-corrected chi connectivity index (χ2v) is 7.97. The maximum atomic E-state index is 6.25. The van der Waals surface area contributed by atoms with E-state index in [4.69, 9.17) is 9.47 Å². The number of nitrogens with one attached hydrogen (secondary N) is 1. The Balaban J connectivity index is 1.44. The highest BCUT2D eigenvalue weighted by Crippen LogP contribution is 2.56. The first-order valence-corrected chi connectivity index (χ1v) is 9.25. The summed E-state index contributed by atoms with van der Waals surface area (Å²) in [4.78, 5) is 0. The Morgan fingerprint density at radius 3 is 2.52 bits per heavy atom. The summed E-state index contributed by atoms with van der Waals surface area (Å²) in [6, 6.07) is 0.742. The Labute approximate surface area is 129 Å². The minimum absolute atomic E-state index is 0.149. The van der Waals surface area contributed by atoms with E-state index in [1.807, 2.05) is 0 Å². The van der Waals surface area contributed by atoms with Gasteiger partial charge in [0.2, 0.25) is 0 Å². The van der Waals surface area contributed by atoms with Crippen molar-refractivity contribution in [3.05, 3.63) is 0 Å². The van der Waals surface area contributed by atoms with E-state index >= 15 is 0 Å². The van der Waals surface area contributed by atoms with Gasteiger partial charge in [-0.15, -0.1) is 0 Å². The van der Waals surface area contributed by atoms with Gasteiger partial charge in [0, 0.05) is 25.9 Å². The van der Waals surface area contributed by atoms with Gasteiger partial charge in [0.25, 0.3) is 0 Å². The summed E-state index contributed by atoms with van der Waals surface area (Å²) in [5.41, 5.74) is 0.149. The van der Waals surface area contributed by atoms with Crippen LogP contribution in [-0.2, 0) is 9.47 Å². The number of rotatable bonds is 4. The molecule has 4 fully saturated rings. The van der Waals surface area contributed by atoms with Crippen LogP contribution >= 0.6 is 0 Å². The van der Waals surface area contributed by atoms with Crippen molar-refractivity contribution in [3.8, 4) is 0 Å². The molecule has 0 aromatic rings. The van der Waals surface area contributed by atoms with Gasteiger partial charge in [-0.05, 0) is 75.2 Å². The third-order valence-electron chi connectivity index (χ3n) is 6.67. The van der Waals surface area contributed by atoms with Gasteiger partial charge in [-0.2, -0.15) is 0 Å². The largest absolute Gasteiger partial charge is 0.381 e. The normalized spacial score (nSPS) is 42.7. The van der Waals surface area contributed by atoms with Gasteiger partial charge in [-0.1, -0.05) is 6.92 Å². The van der Waals surface area contributed by atoms with Gasteiger partial charge in [-0.25, -0.2) is 0 Å². The lowest BCUT2D eigenvalue weighted by atomic mass is 9.74. The smallest absolute Gasteiger partial charge is 0.0729 e. The molecule has 120 valence electrons. The van der Waals surface area contributed by atoms with Crippen LogP contribution in [-0.4, -0.2) is 38.0 Å². The Kier molecular flexibility index (Phi) is 4.01. The number of fused-ring (bicyclic) bond motifs is 1. The molecule has 4 rings (SSSR count). The molecule has 21 heavy (non-hydrogen) atoms. The number of hydrogen-bond donors (Lipinski definition) is 1. The molecule has 3 nitrogen and oxygen atoms in total. The fraction of sp³-hybridized carbons (Fsp3) is 1.00. The molecule has 3 heteroatoms. The highest BCUT2D eigenvalue weighted by atomic mass is 16.5. The Morgan fingerprint density at radius 2 is 1.81 bits per heavy atom. The van der Waals surface area contributed by atoms with Crippen LogP contribution in [0.5, 0.6) is 0 Å². The fourth-order valence-corrected chi connectivity index (χ4v) is 5.47. The second kappa shape index (κ2) is 5.82. The first kappa shape index (κ1) is 14.5. The minimum Gasteiger partial charge on any atom is -0.381 e. The second-order valence-electron chi connectivity index (χ2n) is 7.97. The summed E-state index contributed by atoms with van der Waals surface area (Å²) >= 11 is 0. The molecule has 0 amide bonds. The molecule has 2 aliphatic carbocycles. The third kappa shape index (κ3) is 2.89. The van der Waals surface area contributed by atoms with Crippen LogP contribution in [0.25, 0.3) is 0 Å². The predicted molar refractivity (Wildman–Crippen MR) is 83.2 cm³/mol. The summed E-state index contributed by atoms with van der Waals surface area (Å²) in [5, 5.41) is 3.87. The predicted octanol–water partition coefficient (Wildman–Crippen LogP) is 2.99. The number of ether oxygens (including phenoxy) is 2. The van der Waals surface area contributed by atoms with Crippen molar-refractivity contribution in [2.75, 3.05) is 26.4 Å². The van der Waals surface area contributed by atoms with E-state index in [0.717, 1.165) is 68.9 Å². The summed E-state index contributed by atoms with van der Waals surface area (Å²) in [6.07, 6.45) is 9.26. The molecule has 2 saturated heterocycles. The highest BCUT2D eigenvalue weighted by molar-refractivity contribution is 5.02. The minimum atomic E-state index is 0.149. The molecule has 4 aliphatic rings. The fourth-order valence-electron chi connectivity index (χ4n) is 5.47. The van der Waals surface area contributed by atoms with Crippen LogP contribution in [0.4, 0.5) is 0 Å². The lowest BCUT2D eigenvalue weighted by Crippen LogP contribution is -2.51. The first-order chi connectivity index (χ1) is 10.3. The molecular formula is C18H31NO2. The van der Waals surface area contributed by atoms with E-state index in [1.54, 1.807) is 0 Å². The summed E-state index contributed by atoms with van der Waals surface area (Å²) in [7, 11) is 0. The van der Waals surface area contributed by atoms with Crippen molar-refractivity contribution in [2.45, 2.75) is 63.5 Å². The van der Waals surface area contributed by atoms with Gasteiger partial charge in [0.15, 0.2) is 0 Å². The van der Waals surface area contributed by atoms with Crippen molar-refractivity contribution in [3.63, 3.8) is 0 Å². The maximum absolute atomic E-state index is 6.25. The van der Waals surface area contributed by atoms with Crippen LogP contribution < -0.4 is 5.32 Å². The van der Waals surface area contributed by atoms with Crippen LogP contribution in [0, 0.1) is 23.7 Å². The van der Waals surface area contributed by atoms with Gasteiger partial charge in [0.1, 0.15) is 0 Å². The van der Waals surface area contributed by atoms with Crippen molar-refractivity contribution in [1.29, 1.82) is 0 Å². The molecular weight excluding hydrogens is 262 g/mol. The van der Waals surface area contributed by atoms with Crippen LogP contribution in [0.15, 0.2) is 0 Å². The van der Waals surface area contributed by atoms with Gasteiger partial charge < -0.3 is 14.8 Å². The zero-order valence-corrected chi connectivity index (χ0v) is 13.5. The van der Waals surface area contributed by atoms with Crippen LogP contribution in [0.3, 0.4) is 0 Å². The lowest BCUT2D eigenvalue weighted by molar-refractivity contribution is -0.151. The maximum Gasteiger partial charge on any atom is 0.0729 e. The topological polar surface area (TPSA) is 30.5 Å². The Bertz CT molecular complexity index is 351. The molecule has 0 aromatic heterocycles. The van der Waals surface area contributed by atoms with E-state index < -0.39 is 0 Å². The molecule has 0 aromatic carbocycles. The quantitative estimate of drug-likeness (QED) is 0.864. The monoisotopic (exact) mass is 293 g/mol. The van der Waals surface area contributed by atoms with E-state index in [2.05, 4.69) is 12.2 Å². The third-order valence-corrected chi connectivity index (χ3v) is 6.67. The lowest BCUT2D eigenvalue weighted by Gasteiger charge is -2.46. The Hall–Kier alpha value is -0.120. The first-order valence-electron chi connectivity index (χ1n) is 9.25.